The van der Waals surface area contributed by atoms with Crippen molar-refractivity contribution >= 4 is 5.69 Å². The summed E-state index contributed by atoms with van der Waals surface area (Å²) in [6, 6.07) is 17.7. The minimum Gasteiger partial charge on any atom is -0.493 e. The molecule has 2 unspecified atom stereocenters. The number of hydrogen-bond acceptors (Lipinski definition) is 8. The molecule has 2 aliphatic heterocycles. The van der Waals surface area contributed by atoms with E-state index in [2.05, 4.69) is 10.9 Å². The molecule has 0 saturated heterocycles. The topological polar surface area (TPSA) is 79.4 Å². The number of nitrogens with one attached hydrogen (secondary N) is 2. The quantitative estimate of drug-likeness (QED) is 0.516. The average molecular weight is 450 g/mol. The number of rotatable bonds is 7. The molecule has 172 valence electrons. The fourth-order valence-electron chi connectivity index (χ4n) is 4.25. The molecule has 0 aromatic heterocycles. The van der Waals surface area contributed by atoms with E-state index in [0.29, 0.717) is 35.2 Å². The number of ether oxygens (including phenoxy) is 6. The molecule has 0 aliphatic carbocycles. The van der Waals surface area contributed by atoms with Gasteiger partial charge >= 0.3 is 0 Å². The lowest BCUT2D eigenvalue weighted by molar-refractivity contribution is 0.138. The monoisotopic (exact) mass is 450 g/mol. The summed E-state index contributed by atoms with van der Waals surface area (Å²) in [6.45, 7) is 0.199. The van der Waals surface area contributed by atoms with Crippen LogP contribution in [0.15, 0.2) is 54.6 Å². The number of para-hydroxylation sites is 1. The van der Waals surface area contributed by atoms with Crippen molar-refractivity contribution in [1.82, 2.24) is 5.43 Å². The highest BCUT2D eigenvalue weighted by Gasteiger charge is 2.33. The Hall–Kier alpha value is -3.78. The van der Waals surface area contributed by atoms with E-state index >= 15 is 0 Å². The molecule has 3 aromatic rings. The molecular formula is C25H26N2O6. The molecule has 2 atom stereocenters. The molecule has 8 nitrogen and oxygen atoms in total. The van der Waals surface area contributed by atoms with Crippen LogP contribution >= 0.6 is 0 Å². The molecule has 0 saturated carbocycles. The molecule has 2 aliphatic rings. The van der Waals surface area contributed by atoms with Gasteiger partial charge in [0.1, 0.15) is 5.75 Å². The van der Waals surface area contributed by atoms with Gasteiger partial charge in [-0.1, -0.05) is 18.2 Å². The standard InChI is InChI=1S/C25H26N2O6/c1-28-22-9-15(10-23(29-2)25(22)30-3)17-12-24(27-26-16-7-5-4-6-8-16)33-19-13-21-20(11-18(17)19)31-14-32-21/h4-11,13,17,24,26-27H,12,14H2,1-3H3. The smallest absolute Gasteiger partial charge is 0.231 e. The van der Waals surface area contributed by atoms with Gasteiger partial charge in [0.2, 0.25) is 12.5 Å². The molecular weight excluding hydrogens is 424 g/mol. The van der Waals surface area contributed by atoms with Crippen LogP contribution in [0.4, 0.5) is 5.69 Å². The molecule has 8 heteroatoms. The Labute approximate surface area is 192 Å². The zero-order valence-electron chi connectivity index (χ0n) is 18.7. The summed E-state index contributed by atoms with van der Waals surface area (Å²) in [5.74, 6) is 3.86. The van der Waals surface area contributed by atoms with Gasteiger partial charge in [-0.3, -0.25) is 0 Å². The van der Waals surface area contributed by atoms with E-state index in [4.69, 9.17) is 28.4 Å². The lowest BCUT2D eigenvalue weighted by Crippen LogP contribution is -2.42. The van der Waals surface area contributed by atoms with Gasteiger partial charge in [0, 0.05) is 29.7 Å². The van der Waals surface area contributed by atoms with E-state index in [9.17, 15) is 0 Å². The van der Waals surface area contributed by atoms with Crippen LogP contribution in [0.5, 0.6) is 34.5 Å². The molecule has 0 amide bonds. The zero-order chi connectivity index (χ0) is 22.8. The van der Waals surface area contributed by atoms with Gasteiger partial charge in [-0.05, 0) is 35.9 Å². The predicted octanol–water partition coefficient (Wildman–Crippen LogP) is 4.30. The van der Waals surface area contributed by atoms with E-state index in [1.54, 1.807) is 21.3 Å². The maximum absolute atomic E-state index is 6.29. The van der Waals surface area contributed by atoms with Gasteiger partial charge < -0.3 is 33.8 Å². The lowest BCUT2D eigenvalue weighted by Gasteiger charge is -2.33. The predicted molar refractivity (Wildman–Crippen MR) is 123 cm³/mol. The van der Waals surface area contributed by atoms with Gasteiger partial charge in [0.05, 0.1) is 21.3 Å². The Kier molecular flexibility index (Phi) is 5.75. The summed E-state index contributed by atoms with van der Waals surface area (Å²) in [5, 5.41) is 0. The third-order valence-corrected chi connectivity index (χ3v) is 5.84. The summed E-state index contributed by atoms with van der Waals surface area (Å²) < 4.78 is 34.2. The first kappa shape index (κ1) is 21.1. The Morgan fingerprint density at radius 2 is 1.52 bits per heavy atom. The third kappa shape index (κ3) is 4.05. The van der Waals surface area contributed by atoms with Crippen molar-refractivity contribution < 1.29 is 28.4 Å². The molecule has 0 radical (unpaired) electrons. The van der Waals surface area contributed by atoms with E-state index in [1.807, 2.05) is 54.6 Å². The molecule has 2 N–H and O–H groups in total. The van der Waals surface area contributed by atoms with Gasteiger partial charge in [0.15, 0.2) is 29.2 Å². The maximum Gasteiger partial charge on any atom is 0.231 e. The SMILES string of the molecule is COc1cc(C2CC(NNc3ccccc3)Oc3cc4c(cc32)OCO4)cc(OC)c1OC. The summed E-state index contributed by atoms with van der Waals surface area (Å²) in [5.41, 5.74) is 9.49. The van der Waals surface area contributed by atoms with Crippen molar-refractivity contribution in [3.63, 3.8) is 0 Å². The second-order valence-corrected chi connectivity index (χ2v) is 7.73. The van der Waals surface area contributed by atoms with E-state index in [0.717, 1.165) is 22.6 Å². The highest BCUT2D eigenvalue weighted by atomic mass is 16.7. The molecule has 0 fully saturated rings. The van der Waals surface area contributed by atoms with Crippen LogP contribution < -0.4 is 39.3 Å². The van der Waals surface area contributed by atoms with Crippen LogP contribution in [0.25, 0.3) is 0 Å². The van der Waals surface area contributed by atoms with Crippen LogP contribution in [0, 0.1) is 0 Å². The molecule has 2 heterocycles. The fourth-order valence-corrected chi connectivity index (χ4v) is 4.25. The Morgan fingerprint density at radius 3 is 2.18 bits per heavy atom. The van der Waals surface area contributed by atoms with Crippen LogP contribution in [-0.4, -0.2) is 34.4 Å². The zero-order valence-corrected chi connectivity index (χ0v) is 18.7. The minimum absolute atomic E-state index is 0.0213. The van der Waals surface area contributed by atoms with Crippen LogP contribution in [-0.2, 0) is 0 Å². The van der Waals surface area contributed by atoms with E-state index < -0.39 is 0 Å². The van der Waals surface area contributed by atoms with Crippen LogP contribution in [0.2, 0.25) is 0 Å². The van der Waals surface area contributed by atoms with Crippen molar-refractivity contribution in [2.75, 3.05) is 33.5 Å². The summed E-state index contributed by atoms with van der Waals surface area (Å²) in [7, 11) is 4.83. The molecule has 3 aromatic carbocycles. The molecule has 0 spiro atoms. The van der Waals surface area contributed by atoms with Gasteiger partial charge in [0.25, 0.3) is 0 Å². The Bertz CT molecular complexity index is 1110. The van der Waals surface area contributed by atoms with Crippen molar-refractivity contribution in [3.05, 3.63) is 65.7 Å². The van der Waals surface area contributed by atoms with Crippen LogP contribution in [0.3, 0.4) is 0 Å². The lowest BCUT2D eigenvalue weighted by atomic mass is 9.85. The number of hydrogen-bond donors (Lipinski definition) is 2. The number of benzene rings is 3. The number of anilines is 1. The minimum atomic E-state index is -0.304. The number of hydrazine groups is 1. The molecule has 0 bridgehead atoms. The second kappa shape index (κ2) is 8.99. The van der Waals surface area contributed by atoms with Crippen molar-refractivity contribution in [2.45, 2.75) is 18.6 Å². The third-order valence-electron chi connectivity index (χ3n) is 5.84. The number of fused-ring (bicyclic) bond motifs is 2. The van der Waals surface area contributed by atoms with E-state index in [1.165, 1.54) is 0 Å². The highest BCUT2D eigenvalue weighted by molar-refractivity contribution is 5.59. The first-order valence-corrected chi connectivity index (χ1v) is 10.7. The second-order valence-electron chi connectivity index (χ2n) is 7.73. The molecule has 33 heavy (non-hydrogen) atoms. The van der Waals surface area contributed by atoms with E-state index in [-0.39, 0.29) is 18.9 Å². The van der Waals surface area contributed by atoms with Crippen LogP contribution in [0.1, 0.15) is 23.5 Å². The average Bonchev–Trinajstić information content (AvgIpc) is 3.32. The van der Waals surface area contributed by atoms with Crippen molar-refractivity contribution in [2.24, 2.45) is 0 Å². The normalized spacial score (nSPS) is 18.2. The largest absolute Gasteiger partial charge is 0.493 e. The van der Waals surface area contributed by atoms with Crippen molar-refractivity contribution in [1.29, 1.82) is 0 Å². The summed E-state index contributed by atoms with van der Waals surface area (Å²) in [6.07, 6.45) is 0.354. The van der Waals surface area contributed by atoms with Crippen molar-refractivity contribution in [3.8, 4) is 34.5 Å². The summed E-state index contributed by atoms with van der Waals surface area (Å²) in [4.78, 5) is 0. The fraction of sp³-hybridized carbons (Fsp3) is 0.280. The Morgan fingerprint density at radius 1 is 0.818 bits per heavy atom. The summed E-state index contributed by atoms with van der Waals surface area (Å²) >= 11 is 0. The molecule has 5 rings (SSSR count). The van der Waals surface area contributed by atoms with Gasteiger partial charge in [-0.2, -0.15) is 5.43 Å². The maximum atomic E-state index is 6.29. The first-order chi connectivity index (χ1) is 16.2. The first-order valence-electron chi connectivity index (χ1n) is 10.7. The van der Waals surface area contributed by atoms with Gasteiger partial charge in [-0.25, -0.2) is 0 Å². The Balaban J connectivity index is 1.52. The number of methoxy groups -OCH3 is 3. The van der Waals surface area contributed by atoms with Gasteiger partial charge in [-0.15, -0.1) is 0 Å². The highest BCUT2D eigenvalue weighted by Crippen LogP contribution is 2.49.